The van der Waals surface area contributed by atoms with Crippen LogP contribution in [0.3, 0.4) is 0 Å². The zero-order chi connectivity index (χ0) is 15.1. The number of nitrogen functional groups attached to an aromatic ring is 1. The van der Waals surface area contributed by atoms with Crippen LogP contribution in [-0.2, 0) is 0 Å². The molecule has 21 heavy (non-hydrogen) atoms. The van der Waals surface area contributed by atoms with Crippen molar-refractivity contribution in [1.29, 1.82) is 0 Å². The Bertz CT molecular complexity index is 737. The van der Waals surface area contributed by atoms with E-state index in [0.29, 0.717) is 5.69 Å². The maximum Gasteiger partial charge on any atom is 0.147 e. The molecule has 1 aliphatic heterocycles. The Morgan fingerprint density at radius 1 is 1.14 bits per heavy atom. The van der Waals surface area contributed by atoms with Crippen LogP contribution in [0, 0.1) is 19.7 Å². The molecule has 3 rings (SSSR count). The molecule has 1 heterocycles. The van der Waals surface area contributed by atoms with Crippen LogP contribution in [0.4, 0.5) is 15.8 Å². The number of benzene rings is 2. The highest BCUT2D eigenvalue weighted by Crippen LogP contribution is 2.36. The lowest BCUT2D eigenvalue weighted by Crippen LogP contribution is -2.33. The van der Waals surface area contributed by atoms with E-state index in [1.165, 1.54) is 6.07 Å². The number of aryl methyl sites for hydroxylation is 2. The van der Waals surface area contributed by atoms with Crippen LogP contribution in [-0.4, -0.2) is 0 Å². The number of anilines is 2. The third-order valence-electron chi connectivity index (χ3n) is 3.94. The zero-order valence-electron chi connectivity index (χ0n) is 12.1. The molecule has 108 valence electrons. The minimum absolute atomic E-state index is 0.279. The van der Waals surface area contributed by atoms with Gasteiger partial charge in [0, 0.05) is 17.5 Å². The Labute approximate surface area is 123 Å². The van der Waals surface area contributed by atoms with Crippen LogP contribution in [0.1, 0.15) is 28.4 Å². The van der Waals surface area contributed by atoms with Crippen molar-refractivity contribution in [3.8, 4) is 0 Å². The number of halogens is 1. The summed E-state index contributed by atoms with van der Waals surface area (Å²) >= 11 is 0. The predicted molar refractivity (Wildman–Crippen MR) is 85.2 cm³/mol. The molecule has 2 aromatic rings. The summed E-state index contributed by atoms with van der Waals surface area (Å²) < 4.78 is 14.2. The topological polar surface area (TPSA) is 55.3 Å². The van der Waals surface area contributed by atoms with Crippen molar-refractivity contribution >= 4 is 17.5 Å². The molecule has 3 nitrogen and oxygen atoms in total. The first-order chi connectivity index (χ1) is 9.99. The number of hydrogen-bond donors (Lipinski definition) is 2. The molecule has 1 unspecified atom stereocenters. The molecule has 1 atom stereocenters. The molecule has 4 heteroatoms. The monoisotopic (exact) mass is 283 g/mol. The molecular formula is C17H18FN3. The standard InChI is InChI=1S/C17H18FN3/c1-10-3-6-15(14(18)9-10)21-8-7-12-13(17(21)20)5-4-11(2)16(12)19/h3-9,17H,19-20H2,1-2H3. The lowest BCUT2D eigenvalue weighted by molar-refractivity contribution is 0.610. The van der Waals surface area contributed by atoms with Crippen molar-refractivity contribution < 1.29 is 4.39 Å². The summed E-state index contributed by atoms with van der Waals surface area (Å²) in [5.41, 5.74) is 17.3. The second-order valence-electron chi connectivity index (χ2n) is 5.42. The van der Waals surface area contributed by atoms with Crippen molar-refractivity contribution in [2.24, 2.45) is 5.73 Å². The number of hydrogen-bond acceptors (Lipinski definition) is 3. The Morgan fingerprint density at radius 3 is 2.62 bits per heavy atom. The number of fused-ring (bicyclic) bond motifs is 1. The van der Waals surface area contributed by atoms with Gasteiger partial charge in [0.05, 0.1) is 5.69 Å². The van der Waals surface area contributed by atoms with E-state index in [1.54, 1.807) is 17.2 Å². The second kappa shape index (κ2) is 4.90. The molecule has 0 radical (unpaired) electrons. The fourth-order valence-electron chi connectivity index (χ4n) is 2.66. The largest absolute Gasteiger partial charge is 0.398 e. The fraction of sp³-hybridized carbons (Fsp3) is 0.176. The normalized spacial score (nSPS) is 17.0. The third-order valence-corrected chi connectivity index (χ3v) is 3.94. The van der Waals surface area contributed by atoms with Crippen molar-refractivity contribution in [2.45, 2.75) is 20.0 Å². The highest BCUT2D eigenvalue weighted by atomic mass is 19.1. The van der Waals surface area contributed by atoms with Crippen LogP contribution in [0.25, 0.3) is 6.08 Å². The van der Waals surface area contributed by atoms with Crippen LogP contribution < -0.4 is 16.4 Å². The molecule has 0 amide bonds. The lowest BCUT2D eigenvalue weighted by atomic mass is 9.96. The van der Waals surface area contributed by atoms with Crippen LogP contribution in [0.2, 0.25) is 0 Å². The molecular weight excluding hydrogens is 265 g/mol. The van der Waals surface area contributed by atoms with Gasteiger partial charge in [0.2, 0.25) is 0 Å². The van der Waals surface area contributed by atoms with Gasteiger partial charge >= 0.3 is 0 Å². The third kappa shape index (κ3) is 2.17. The SMILES string of the molecule is Cc1ccc(N2C=Cc3c(ccc(C)c3N)C2N)c(F)c1. The summed E-state index contributed by atoms with van der Waals surface area (Å²) in [4.78, 5) is 1.73. The van der Waals surface area contributed by atoms with Crippen LogP contribution in [0.15, 0.2) is 36.5 Å². The first-order valence-corrected chi connectivity index (χ1v) is 6.86. The highest BCUT2D eigenvalue weighted by molar-refractivity contribution is 5.75. The Hall–Kier alpha value is -2.33. The molecule has 0 saturated carbocycles. The second-order valence-corrected chi connectivity index (χ2v) is 5.42. The van der Waals surface area contributed by atoms with Gasteiger partial charge in [-0.25, -0.2) is 4.39 Å². The number of nitrogens with two attached hydrogens (primary N) is 2. The average Bonchev–Trinajstić information content (AvgIpc) is 2.44. The van der Waals surface area contributed by atoms with E-state index in [9.17, 15) is 4.39 Å². The zero-order valence-corrected chi connectivity index (χ0v) is 12.1. The first-order valence-electron chi connectivity index (χ1n) is 6.86. The van der Waals surface area contributed by atoms with Crippen molar-refractivity contribution in [3.63, 3.8) is 0 Å². The molecule has 0 fully saturated rings. The smallest absolute Gasteiger partial charge is 0.147 e. The van der Waals surface area contributed by atoms with E-state index in [0.717, 1.165) is 27.9 Å². The molecule has 0 spiro atoms. The summed E-state index contributed by atoms with van der Waals surface area (Å²) in [5.74, 6) is -0.279. The molecule has 2 aromatic carbocycles. The van der Waals surface area contributed by atoms with Gasteiger partial charge in [0.15, 0.2) is 0 Å². The average molecular weight is 283 g/mol. The summed E-state index contributed by atoms with van der Waals surface area (Å²) in [7, 11) is 0. The highest BCUT2D eigenvalue weighted by Gasteiger charge is 2.24. The van der Waals surface area contributed by atoms with Crippen LogP contribution in [0.5, 0.6) is 0 Å². The summed E-state index contributed by atoms with van der Waals surface area (Å²) in [6, 6.07) is 9.02. The van der Waals surface area contributed by atoms with Crippen molar-refractivity contribution in [1.82, 2.24) is 0 Å². The van der Waals surface area contributed by atoms with E-state index in [1.807, 2.05) is 38.1 Å². The lowest BCUT2D eigenvalue weighted by Gasteiger charge is -2.33. The Kier molecular flexibility index (Phi) is 3.18. The number of rotatable bonds is 1. The van der Waals surface area contributed by atoms with Crippen molar-refractivity contribution in [3.05, 3.63) is 64.6 Å². The summed E-state index contributed by atoms with van der Waals surface area (Å²) in [5, 5.41) is 0. The van der Waals surface area contributed by atoms with E-state index < -0.39 is 6.17 Å². The Morgan fingerprint density at radius 2 is 1.90 bits per heavy atom. The minimum atomic E-state index is -0.454. The van der Waals surface area contributed by atoms with E-state index in [-0.39, 0.29) is 5.82 Å². The maximum absolute atomic E-state index is 14.2. The van der Waals surface area contributed by atoms with Crippen molar-refractivity contribution in [2.75, 3.05) is 10.6 Å². The van der Waals surface area contributed by atoms with Gasteiger partial charge in [0.1, 0.15) is 12.0 Å². The van der Waals surface area contributed by atoms with Gasteiger partial charge in [-0.1, -0.05) is 18.2 Å². The van der Waals surface area contributed by atoms with E-state index >= 15 is 0 Å². The molecule has 0 aliphatic carbocycles. The van der Waals surface area contributed by atoms with Gasteiger partial charge in [-0.2, -0.15) is 0 Å². The van der Waals surface area contributed by atoms with Gasteiger partial charge < -0.3 is 16.4 Å². The Balaban J connectivity index is 2.08. The predicted octanol–water partition coefficient (Wildman–Crippen LogP) is 3.47. The minimum Gasteiger partial charge on any atom is -0.398 e. The molecule has 4 N–H and O–H groups in total. The van der Waals surface area contributed by atoms with Gasteiger partial charge in [-0.05, 0) is 48.7 Å². The number of nitrogens with zero attached hydrogens (tertiary/aromatic N) is 1. The van der Waals surface area contributed by atoms with E-state index in [2.05, 4.69) is 0 Å². The molecule has 0 aromatic heterocycles. The van der Waals surface area contributed by atoms with E-state index in [4.69, 9.17) is 11.5 Å². The quantitative estimate of drug-likeness (QED) is 0.788. The van der Waals surface area contributed by atoms with Gasteiger partial charge in [0.25, 0.3) is 0 Å². The maximum atomic E-state index is 14.2. The summed E-state index contributed by atoms with van der Waals surface area (Å²) in [6.45, 7) is 3.82. The van der Waals surface area contributed by atoms with Gasteiger partial charge in [-0.15, -0.1) is 0 Å². The van der Waals surface area contributed by atoms with Crippen LogP contribution >= 0.6 is 0 Å². The molecule has 1 aliphatic rings. The molecule has 0 saturated heterocycles. The van der Waals surface area contributed by atoms with Gasteiger partial charge in [-0.3, -0.25) is 0 Å². The summed E-state index contributed by atoms with van der Waals surface area (Å²) in [6.07, 6.45) is 3.22. The fourth-order valence-corrected chi connectivity index (χ4v) is 2.66. The first kappa shape index (κ1) is 13.6. The molecule has 0 bridgehead atoms.